The van der Waals surface area contributed by atoms with Crippen molar-refractivity contribution in [2.75, 3.05) is 10.6 Å². The molecule has 124 valence electrons. The smallest absolute Gasteiger partial charge is 0.248 e. The molecule has 2 rings (SSSR count). The summed E-state index contributed by atoms with van der Waals surface area (Å²) in [5, 5.41) is 5.39. The fourth-order valence-corrected chi connectivity index (χ4v) is 2.26. The number of benzene rings is 2. The number of hydrogen-bond acceptors (Lipinski definition) is 2. The van der Waals surface area contributed by atoms with E-state index in [1.54, 1.807) is 43.3 Å². The van der Waals surface area contributed by atoms with E-state index < -0.39 is 5.82 Å². The molecule has 0 saturated carbocycles. The van der Waals surface area contributed by atoms with Crippen LogP contribution >= 0.6 is 15.9 Å². The normalized spacial score (nSPS) is 10.6. The Morgan fingerprint density at radius 2 is 1.71 bits per heavy atom. The molecule has 0 saturated heterocycles. The maximum atomic E-state index is 13.6. The molecule has 0 aliphatic carbocycles. The van der Waals surface area contributed by atoms with Crippen LogP contribution in [0.15, 0.2) is 53.0 Å². The van der Waals surface area contributed by atoms with E-state index in [2.05, 4.69) is 26.6 Å². The number of hydrogen-bond donors (Lipinski definition) is 2. The molecule has 0 spiro atoms. The molecule has 0 bridgehead atoms. The molecule has 0 aromatic heterocycles. The average Bonchev–Trinajstić information content (AvgIpc) is 2.57. The van der Waals surface area contributed by atoms with Gasteiger partial charge in [0.15, 0.2) is 0 Å². The average molecular weight is 391 g/mol. The molecule has 0 heterocycles. The topological polar surface area (TPSA) is 58.2 Å². The number of halogens is 2. The van der Waals surface area contributed by atoms with Gasteiger partial charge in [0, 0.05) is 33.9 Å². The molecule has 2 aromatic rings. The van der Waals surface area contributed by atoms with Gasteiger partial charge in [-0.3, -0.25) is 9.59 Å². The molecule has 24 heavy (non-hydrogen) atoms. The minimum atomic E-state index is -0.404. The fraction of sp³-hybridized carbons (Fsp3) is 0.111. The Morgan fingerprint density at radius 3 is 2.33 bits per heavy atom. The van der Waals surface area contributed by atoms with Crippen molar-refractivity contribution in [3.63, 3.8) is 0 Å². The SMILES string of the molecule is CCC(=O)Nc1ccc(NC(=O)/C=C/c2cc(Br)ccc2F)cc1. The van der Waals surface area contributed by atoms with Gasteiger partial charge < -0.3 is 10.6 Å². The highest BCUT2D eigenvalue weighted by atomic mass is 79.9. The van der Waals surface area contributed by atoms with Crippen LogP contribution in [0, 0.1) is 5.82 Å². The summed E-state index contributed by atoms with van der Waals surface area (Å²) in [6.07, 6.45) is 3.07. The number of amides is 2. The molecule has 2 aromatic carbocycles. The van der Waals surface area contributed by atoms with Crippen molar-refractivity contribution in [2.45, 2.75) is 13.3 Å². The van der Waals surface area contributed by atoms with Gasteiger partial charge in [-0.25, -0.2) is 4.39 Å². The number of rotatable bonds is 5. The number of carbonyl (C=O) groups is 2. The molecule has 6 heteroatoms. The van der Waals surface area contributed by atoms with Crippen LogP contribution in [-0.2, 0) is 9.59 Å². The van der Waals surface area contributed by atoms with Crippen molar-refractivity contribution in [1.29, 1.82) is 0 Å². The van der Waals surface area contributed by atoms with Gasteiger partial charge in [0.25, 0.3) is 0 Å². The minimum Gasteiger partial charge on any atom is -0.326 e. The minimum absolute atomic E-state index is 0.0780. The van der Waals surface area contributed by atoms with Crippen LogP contribution in [0.25, 0.3) is 6.08 Å². The van der Waals surface area contributed by atoms with Crippen molar-refractivity contribution in [2.24, 2.45) is 0 Å². The molecule has 0 fully saturated rings. The Hall–Kier alpha value is -2.47. The number of anilines is 2. The Bertz CT molecular complexity index is 773. The van der Waals surface area contributed by atoms with Gasteiger partial charge in [-0.1, -0.05) is 22.9 Å². The van der Waals surface area contributed by atoms with Gasteiger partial charge in [0.05, 0.1) is 0 Å². The Balaban J connectivity index is 1.98. The number of carbonyl (C=O) groups excluding carboxylic acids is 2. The standard InChI is InChI=1S/C18H16BrFN2O2/c1-2-17(23)21-14-5-7-15(8-6-14)22-18(24)10-3-12-11-13(19)4-9-16(12)20/h3-11H,2H2,1H3,(H,21,23)(H,22,24)/b10-3+. The summed E-state index contributed by atoms with van der Waals surface area (Å²) in [5.74, 6) is -0.858. The third-order valence-corrected chi connectivity index (χ3v) is 3.62. The van der Waals surface area contributed by atoms with Gasteiger partial charge in [0.1, 0.15) is 5.82 Å². The van der Waals surface area contributed by atoms with E-state index in [4.69, 9.17) is 0 Å². The third-order valence-electron chi connectivity index (χ3n) is 3.13. The monoisotopic (exact) mass is 390 g/mol. The third kappa shape index (κ3) is 5.31. The molecule has 2 N–H and O–H groups in total. The summed E-state index contributed by atoms with van der Waals surface area (Å²) in [6, 6.07) is 11.2. The van der Waals surface area contributed by atoms with Crippen molar-refractivity contribution in [3.8, 4) is 0 Å². The van der Waals surface area contributed by atoms with E-state index in [0.717, 1.165) is 4.47 Å². The van der Waals surface area contributed by atoms with Crippen LogP contribution in [-0.4, -0.2) is 11.8 Å². The first-order chi connectivity index (χ1) is 11.5. The lowest BCUT2D eigenvalue weighted by Gasteiger charge is -2.06. The summed E-state index contributed by atoms with van der Waals surface area (Å²) < 4.78 is 14.3. The lowest BCUT2D eigenvalue weighted by Crippen LogP contribution is -2.10. The van der Waals surface area contributed by atoms with E-state index in [-0.39, 0.29) is 11.8 Å². The van der Waals surface area contributed by atoms with Crippen LogP contribution in [0.4, 0.5) is 15.8 Å². The second kappa shape index (κ2) is 8.40. The highest BCUT2D eigenvalue weighted by Gasteiger charge is 2.03. The van der Waals surface area contributed by atoms with E-state index in [1.807, 2.05) is 0 Å². The van der Waals surface area contributed by atoms with E-state index in [0.29, 0.717) is 23.4 Å². The zero-order valence-corrected chi connectivity index (χ0v) is 14.6. The Morgan fingerprint density at radius 1 is 1.08 bits per heavy atom. The van der Waals surface area contributed by atoms with E-state index in [1.165, 1.54) is 18.2 Å². The second-order valence-corrected chi connectivity index (χ2v) is 5.88. The zero-order chi connectivity index (χ0) is 17.5. The second-order valence-electron chi connectivity index (χ2n) is 4.97. The molecule has 0 aliphatic rings. The first-order valence-corrected chi connectivity index (χ1v) is 8.11. The zero-order valence-electron chi connectivity index (χ0n) is 13.0. The summed E-state index contributed by atoms with van der Waals surface area (Å²) >= 11 is 3.25. The molecular formula is C18H16BrFN2O2. The summed E-state index contributed by atoms with van der Waals surface area (Å²) in [7, 11) is 0. The van der Waals surface area contributed by atoms with Crippen LogP contribution in [0.1, 0.15) is 18.9 Å². The predicted octanol–water partition coefficient (Wildman–Crippen LogP) is 4.59. The van der Waals surface area contributed by atoms with Crippen LogP contribution in [0.2, 0.25) is 0 Å². The van der Waals surface area contributed by atoms with Crippen LogP contribution in [0.5, 0.6) is 0 Å². The van der Waals surface area contributed by atoms with Crippen molar-refractivity contribution >= 4 is 45.2 Å². The maximum Gasteiger partial charge on any atom is 0.248 e. The Labute approximate surface area is 147 Å². The van der Waals surface area contributed by atoms with Gasteiger partial charge in [-0.05, 0) is 48.5 Å². The summed E-state index contributed by atoms with van der Waals surface area (Å²) in [5.41, 5.74) is 1.55. The Kier molecular flexibility index (Phi) is 6.26. The fourth-order valence-electron chi connectivity index (χ4n) is 1.88. The van der Waals surface area contributed by atoms with Crippen molar-refractivity contribution in [3.05, 3.63) is 64.4 Å². The quantitative estimate of drug-likeness (QED) is 0.733. The molecule has 0 aliphatic heterocycles. The molecule has 0 atom stereocenters. The lowest BCUT2D eigenvalue weighted by atomic mass is 10.2. The largest absolute Gasteiger partial charge is 0.326 e. The van der Waals surface area contributed by atoms with Gasteiger partial charge >= 0.3 is 0 Å². The molecule has 0 unspecified atom stereocenters. The molecule has 2 amide bonds. The van der Waals surface area contributed by atoms with Crippen LogP contribution < -0.4 is 10.6 Å². The summed E-state index contributed by atoms with van der Waals surface area (Å²) in [4.78, 5) is 23.2. The van der Waals surface area contributed by atoms with E-state index in [9.17, 15) is 14.0 Å². The molecular weight excluding hydrogens is 375 g/mol. The lowest BCUT2D eigenvalue weighted by molar-refractivity contribution is -0.116. The molecule has 4 nitrogen and oxygen atoms in total. The van der Waals surface area contributed by atoms with Gasteiger partial charge in [-0.2, -0.15) is 0 Å². The van der Waals surface area contributed by atoms with Crippen molar-refractivity contribution in [1.82, 2.24) is 0 Å². The highest BCUT2D eigenvalue weighted by molar-refractivity contribution is 9.10. The highest BCUT2D eigenvalue weighted by Crippen LogP contribution is 2.17. The van der Waals surface area contributed by atoms with Gasteiger partial charge in [0.2, 0.25) is 11.8 Å². The first-order valence-electron chi connectivity index (χ1n) is 7.32. The first kappa shape index (κ1) is 17.9. The summed E-state index contributed by atoms with van der Waals surface area (Å²) in [6.45, 7) is 1.77. The van der Waals surface area contributed by atoms with Crippen LogP contribution in [0.3, 0.4) is 0 Å². The molecule has 0 radical (unpaired) electrons. The van der Waals surface area contributed by atoms with E-state index >= 15 is 0 Å². The maximum absolute atomic E-state index is 13.6. The van der Waals surface area contributed by atoms with Crippen molar-refractivity contribution < 1.29 is 14.0 Å². The number of nitrogens with one attached hydrogen (secondary N) is 2. The van der Waals surface area contributed by atoms with Gasteiger partial charge in [-0.15, -0.1) is 0 Å². The predicted molar refractivity (Wildman–Crippen MR) is 97.1 cm³/mol.